The highest BCUT2D eigenvalue weighted by molar-refractivity contribution is 5.93. The van der Waals surface area contributed by atoms with E-state index in [9.17, 15) is 4.79 Å². The number of Topliss-reactive ketones (excluding diaryl/α,β-unsaturated/α-hetero) is 1. The molecular formula is C15H25NO. The fourth-order valence-corrected chi connectivity index (χ4v) is 4.16. The second kappa shape index (κ2) is 4.47. The van der Waals surface area contributed by atoms with E-state index < -0.39 is 0 Å². The van der Waals surface area contributed by atoms with Crippen LogP contribution in [0.5, 0.6) is 0 Å². The van der Waals surface area contributed by atoms with Crippen LogP contribution < -0.4 is 0 Å². The van der Waals surface area contributed by atoms with Gasteiger partial charge in [-0.05, 0) is 39.2 Å². The average molecular weight is 235 g/mol. The fraction of sp³-hybridized carbons (Fsp3) is 0.800. The Labute approximate surface area is 105 Å². The molecule has 0 N–H and O–H groups in total. The van der Waals surface area contributed by atoms with Crippen LogP contribution in [0.25, 0.3) is 0 Å². The number of fused-ring (bicyclic) bond motifs is 1. The van der Waals surface area contributed by atoms with Crippen LogP contribution in [-0.2, 0) is 4.79 Å². The Morgan fingerprint density at radius 3 is 2.47 bits per heavy atom. The van der Waals surface area contributed by atoms with E-state index in [1.807, 2.05) is 0 Å². The lowest BCUT2D eigenvalue weighted by molar-refractivity contribution is -0.127. The quantitative estimate of drug-likeness (QED) is 0.728. The maximum absolute atomic E-state index is 12.4. The van der Waals surface area contributed by atoms with Gasteiger partial charge in [-0.3, -0.25) is 4.79 Å². The lowest BCUT2D eigenvalue weighted by Gasteiger charge is -2.51. The predicted octanol–water partition coefficient (Wildman–Crippen LogP) is 3.38. The Hall–Kier alpha value is -0.790. The third kappa shape index (κ3) is 1.49. The minimum absolute atomic E-state index is 0.0785. The minimum Gasteiger partial charge on any atom is -0.375 e. The van der Waals surface area contributed by atoms with Crippen molar-refractivity contribution in [2.75, 3.05) is 13.1 Å². The first-order chi connectivity index (χ1) is 8.13. The summed E-state index contributed by atoms with van der Waals surface area (Å²) in [6.45, 7) is 10.9. The van der Waals surface area contributed by atoms with Crippen LogP contribution in [0.4, 0.5) is 0 Å². The molecule has 0 aromatic rings. The molecule has 0 heterocycles. The Kier molecular flexibility index (Phi) is 3.33. The summed E-state index contributed by atoms with van der Waals surface area (Å²) in [6, 6.07) is 0. The Morgan fingerprint density at radius 2 is 1.94 bits per heavy atom. The highest BCUT2D eigenvalue weighted by Gasteiger charge is 2.60. The van der Waals surface area contributed by atoms with Gasteiger partial charge in [0.2, 0.25) is 0 Å². The van der Waals surface area contributed by atoms with Gasteiger partial charge in [0.05, 0.1) is 5.41 Å². The highest BCUT2D eigenvalue weighted by atomic mass is 16.1. The maximum atomic E-state index is 12.4. The summed E-state index contributed by atoms with van der Waals surface area (Å²) in [4.78, 5) is 14.8. The molecule has 0 aromatic carbocycles. The molecule has 2 heteroatoms. The SMILES string of the molecule is CCCC12C(=O)CCC1C(C)=C2N(CC)CC. The van der Waals surface area contributed by atoms with Crippen LogP contribution in [-0.4, -0.2) is 23.8 Å². The number of carbonyl (C=O) groups is 1. The monoisotopic (exact) mass is 235 g/mol. The zero-order chi connectivity index (χ0) is 12.6. The molecule has 0 bridgehead atoms. The zero-order valence-electron chi connectivity index (χ0n) is 11.7. The van der Waals surface area contributed by atoms with Crippen molar-refractivity contribution in [2.24, 2.45) is 11.3 Å². The van der Waals surface area contributed by atoms with E-state index in [0.29, 0.717) is 11.7 Å². The second-order valence-corrected chi connectivity index (χ2v) is 5.44. The average Bonchev–Trinajstić information content (AvgIpc) is 2.60. The van der Waals surface area contributed by atoms with E-state index in [4.69, 9.17) is 0 Å². The van der Waals surface area contributed by atoms with Crippen molar-refractivity contribution in [3.8, 4) is 0 Å². The third-order valence-electron chi connectivity index (χ3n) is 4.80. The van der Waals surface area contributed by atoms with Gasteiger partial charge in [0.1, 0.15) is 5.78 Å². The normalized spacial score (nSPS) is 31.5. The van der Waals surface area contributed by atoms with Crippen LogP contribution in [0.15, 0.2) is 11.3 Å². The third-order valence-corrected chi connectivity index (χ3v) is 4.80. The molecule has 2 aliphatic carbocycles. The molecule has 1 saturated carbocycles. The fourth-order valence-electron chi connectivity index (χ4n) is 4.16. The van der Waals surface area contributed by atoms with Crippen molar-refractivity contribution >= 4 is 5.78 Å². The molecule has 0 aliphatic heterocycles. The lowest BCUT2D eigenvalue weighted by Crippen LogP contribution is -2.50. The van der Waals surface area contributed by atoms with E-state index in [-0.39, 0.29) is 5.41 Å². The number of hydrogen-bond acceptors (Lipinski definition) is 2. The summed E-state index contributed by atoms with van der Waals surface area (Å²) in [5, 5.41) is 0. The largest absolute Gasteiger partial charge is 0.375 e. The number of hydrogen-bond donors (Lipinski definition) is 0. The summed E-state index contributed by atoms with van der Waals surface area (Å²) >= 11 is 0. The molecule has 0 amide bonds. The molecule has 17 heavy (non-hydrogen) atoms. The van der Waals surface area contributed by atoms with Crippen molar-refractivity contribution < 1.29 is 4.79 Å². The number of nitrogens with zero attached hydrogens (tertiary/aromatic N) is 1. The van der Waals surface area contributed by atoms with E-state index in [1.165, 1.54) is 11.3 Å². The van der Waals surface area contributed by atoms with Crippen LogP contribution >= 0.6 is 0 Å². The minimum atomic E-state index is -0.0785. The van der Waals surface area contributed by atoms with Gasteiger partial charge in [-0.25, -0.2) is 0 Å². The summed E-state index contributed by atoms with van der Waals surface area (Å²) in [5.74, 6) is 1.07. The number of allylic oxidation sites excluding steroid dienone is 2. The molecule has 2 unspecified atom stereocenters. The van der Waals surface area contributed by atoms with E-state index in [1.54, 1.807) is 0 Å². The highest BCUT2D eigenvalue weighted by Crippen LogP contribution is 2.62. The van der Waals surface area contributed by atoms with Gasteiger partial charge >= 0.3 is 0 Å². The van der Waals surface area contributed by atoms with Gasteiger partial charge in [0.25, 0.3) is 0 Å². The Balaban J connectivity index is 2.39. The topological polar surface area (TPSA) is 20.3 Å². The molecule has 0 aromatic heterocycles. The maximum Gasteiger partial charge on any atom is 0.145 e. The molecule has 1 fully saturated rings. The first kappa shape index (κ1) is 12.7. The second-order valence-electron chi connectivity index (χ2n) is 5.44. The van der Waals surface area contributed by atoms with Crippen molar-refractivity contribution in [2.45, 2.75) is 53.4 Å². The smallest absolute Gasteiger partial charge is 0.145 e. The Bertz CT molecular complexity index is 354. The van der Waals surface area contributed by atoms with Crippen LogP contribution in [0.2, 0.25) is 0 Å². The standard InChI is InChI=1S/C15H25NO/c1-5-10-15-12(8-9-13(15)17)11(4)14(15)16(6-2)7-3/h12H,5-10H2,1-4H3. The van der Waals surface area contributed by atoms with Gasteiger partial charge < -0.3 is 4.90 Å². The van der Waals surface area contributed by atoms with E-state index in [0.717, 1.165) is 38.8 Å². The van der Waals surface area contributed by atoms with Crippen molar-refractivity contribution in [3.05, 3.63) is 11.3 Å². The van der Waals surface area contributed by atoms with Gasteiger partial charge in [0.15, 0.2) is 0 Å². The number of ketones is 1. The molecule has 2 nitrogen and oxygen atoms in total. The Morgan fingerprint density at radius 1 is 1.29 bits per heavy atom. The molecule has 2 atom stereocenters. The first-order valence-electron chi connectivity index (χ1n) is 7.12. The van der Waals surface area contributed by atoms with Crippen LogP contribution in [0.3, 0.4) is 0 Å². The molecule has 96 valence electrons. The molecular weight excluding hydrogens is 210 g/mol. The van der Waals surface area contributed by atoms with Gasteiger partial charge in [-0.2, -0.15) is 0 Å². The van der Waals surface area contributed by atoms with Gasteiger partial charge in [-0.1, -0.05) is 13.3 Å². The van der Waals surface area contributed by atoms with E-state index >= 15 is 0 Å². The molecule has 2 aliphatic rings. The summed E-state index contributed by atoms with van der Waals surface area (Å²) in [5.41, 5.74) is 2.80. The van der Waals surface area contributed by atoms with Gasteiger partial charge in [-0.15, -0.1) is 0 Å². The summed E-state index contributed by atoms with van der Waals surface area (Å²) in [7, 11) is 0. The summed E-state index contributed by atoms with van der Waals surface area (Å²) < 4.78 is 0. The molecule has 2 rings (SSSR count). The predicted molar refractivity (Wildman–Crippen MR) is 70.7 cm³/mol. The zero-order valence-corrected chi connectivity index (χ0v) is 11.7. The molecule has 0 saturated heterocycles. The number of rotatable bonds is 5. The number of carbonyl (C=O) groups excluding carboxylic acids is 1. The van der Waals surface area contributed by atoms with Crippen molar-refractivity contribution in [1.29, 1.82) is 0 Å². The van der Waals surface area contributed by atoms with E-state index in [2.05, 4.69) is 32.6 Å². The molecule has 0 radical (unpaired) electrons. The van der Waals surface area contributed by atoms with Crippen LogP contribution in [0.1, 0.15) is 53.4 Å². The van der Waals surface area contributed by atoms with Crippen molar-refractivity contribution in [3.63, 3.8) is 0 Å². The lowest BCUT2D eigenvalue weighted by atomic mass is 9.58. The molecule has 0 spiro atoms. The van der Waals surface area contributed by atoms with Gasteiger partial charge in [0, 0.05) is 31.1 Å². The summed E-state index contributed by atoms with van der Waals surface area (Å²) in [6.07, 6.45) is 4.06. The first-order valence-corrected chi connectivity index (χ1v) is 7.12. The van der Waals surface area contributed by atoms with Crippen molar-refractivity contribution in [1.82, 2.24) is 4.90 Å². The van der Waals surface area contributed by atoms with Crippen LogP contribution in [0, 0.1) is 11.3 Å².